The van der Waals surface area contributed by atoms with Crippen molar-refractivity contribution in [2.75, 3.05) is 26.2 Å². The molecule has 3 N–H and O–H groups in total. The Kier molecular flexibility index (Phi) is 5.52. The van der Waals surface area contributed by atoms with Crippen molar-refractivity contribution in [2.24, 2.45) is 11.7 Å². The van der Waals surface area contributed by atoms with Crippen molar-refractivity contribution >= 4 is 18.3 Å². The minimum absolute atomic E-state index is 0. The maximum atomic E-state index is 11.5. The highest BCUT2D eigenvalue weighted by molar-refractivity contribution is 5.85. The van der Waals surface area contributed by atoms with Crippen LogP contribution in [0.5, 0.6) is 0 Å². The highest BCUT2D eigenvalue weighted by Crippen LogP contribution is 2.19. The van der Waals surface area contributed by atoms with E-state index in [-0.39, 0.29) is 18.3 Å². The molecule has 0 unspecified atom stereocenters. The number of nitrogens with zero attached hydrogens (tertiary/aromatic N) is 1. The first-order valence-corrected chi connectivity index (χ1v) is 5.99. The summed E-state index contributed by atoms with van der Waals surface area (Å²) in [6.45, 7) is 3.43. The highest BCUT2D eigenvalue weighted by atomic mass is 35.5. The van der Waals surface area contributed by atoms with E-state index in [1.165, 1.54) is 12.8 Å². The Morgan fingerprint density at radius 3 is 2.38 bits per heavy atom. The second-order valence-corrected chi connectivity index (χ2v) is 4.80. The van der Waals surface area contributed by atoms with Crippen molar-refractivity contribution in [1.29, 1.82) is 0 Å². The molecule has 4 nitrogen and oxygen atoms in total. The van der Waals surface area contributed by atoms with Crippen LogP contribution in [0.25, 0.3) is 0 Å². The van der Waals surface area contributed by atoms with Crippen LogP contribution in [0.1, 0.15) is 25.7 Å². The number of hydrogen-bond acceptors (Lipinski definition) is 3. The molecule has 2 rings (SSSR count). The van der Waals surface area contributed by atoms with E-state index in [1.54, 1.807) is 0 Å². The molecular weight excluding hydrogens is 226 g/mol. The van der Waals surface area contributed by atoms with Crippen LogP contribution in [0.4, 0.5) is 0 Å². The van der Waals surface area contributed by atoms with E-state index < -0.39 is 0 Å². The van der Waals surface area contributed by atoms with Crippen LogP contribution in [0.15, 0.2) is 0 Å². The molecule has 0 aromatic heterocycles. The second kappa shape index (κ2) is 6.42. The van der Waals surface area contributed by atoms with Gasteiger partial charge >= 0.3 is 0 Å². The minimum atomic E-state index is 0. The van der Waals surface area contributed by atoms with E-state index in [1.807, 2.05) is 0 Å². The first kappa shape index (κ1) is 13.7. The van der Waals surface area contributed by atoms with E-state index in [9.17, 15) is 4.79 Å². The lowest BCUT2D eigenvalue weighted by Crippen LogP contribution is -2.43. The van der Waals surface area contributed by atoms with Gasteiger partial charge in [-0.2, -0.15) is 0 Å². The number of rotatable bonds is 4. The molecule has 2 aliphatic rings. The number of nitrogens with one attached hydrogen (secondary N) is 1. The van der Waals surface area contributed by atoms with Crippen LogP contribution in [-0.4, -0.2) is 43.0 Å². The van der Waals surface area contributed by atoms with Gasteiger partial charge in [0.25, 0.3) is 0 Å². The van der Waals surface area contributed by atoms with E-state index in [0.29, 0.717) is 18.5 Å². The van der Waals surface area contributed by atoms with Crippen LogP contribution < -0.4 is 11.1 Å². The van der Waals surface area contributed by atoms with Crippen molar-refractivity contribution < 1.29 is 4.79 Å². The fraction of sp³-hybridized carbons (Fsp3) is 0.909. The number of carbonyl (C=O) groups is 1. The summed E-state index contributed by atoms with van der Waals surface area (Å²) >= 11 is 0. The fourth-order valence-corrected chi connectivity index (χ4v) is 2.08. The lowest BCUT2D eigenvalue weighted by atomic mass is 9.97. The van der Waals surface area contributed by atoms with Crippen molar-refractivity contribution in [2.45, 2.75) is 31.7 Å². The highest BCUT2D eigenvalue weighted by Gasteiger charge is 2.25. The lowest BCUT2D eigenvalue weighted by Gasteiger charge is -2.30. The summed E-state index contributed by atoms with van der Waals surface area (Å²) in [5.41, 5.74) is 5.63. The third-order valence-corrected chi connectivity index (χ3v) is 3.35. The van der Waals surface area contributed by atoms with Crippen LogP contribution in [-0.2, 0) is 4.79 Å². The summed E-state index contributed by atoms with van der Waals surface area (Å²) in [6.07, 6.45) is 4.63. The number of likely N-dealkylation sites (tertiary alicyclic amines) is 1. The van der Waals surface area contributed by atoms with E-state index >= 15 is 0 Å². The Morgan fingerprint density at radius 1 is 1.25 bits per heavy atom. The molecule has 0 radical (unpaired) electrons. The van der Waals surface area contributed by atoms with Crippen molar-refractivity contribution in [3.05, 3.63) is 0 Å². The van der Waals surface area contributed by atoms with Gasteiger partial charge in [-0.25, -0.2) is 0 Å². The number of nitrogens with two attached hydrogens (primary N) is 1. The van der Waals surface area contributed by atoms with Crippen LogP contribution >= 0.6 is 12.4 Å². The molecule has 1 aliphatic carbocycles. The molecule has 94 valence electrons. The van der Waals surface area contributed by atoms with Gasteiger partial charge in [0.15, 0.2) is 0 Å². The maximum Gasteiger partial charge on any atom is 0.234 e. The molecule has 2 fully saturated rings. The monoisotopic (exact) mass is 247 g/mol. The summed E-state index contributed by atoms with van der Waals surface area (Å²) in [4.78, 5) is 13.8. The smallest absolute Gasteiger partial charge is 0.234 e. The largest absolute Gasteiger partial charge is 0.352 e. The molecule has 1 saturated carbocycles. The average molecular weight is 248 g/mol. The van der Waals surface area contributed by atoms with Crippen molar-refractivity contribution in [1.82, 2.24) is 10.2 Å². The SMILES string of the molecule is Cl.NCC1CCN(CC(=O)NC2CC2)CC1. The molecule has 1 aliphatic heterocycles. The Morgan fingerprint density at radius 2 is 1.88 bits per heavy atom. The van der Waals surface area contributed by atoms with Gasteiger partial charge in [-0.05, 0) is 51.2 Å². The van der Waals surface area contributed by atoms with Crippen LogP contribution in [0.2, 0.25) is 0 Å². The van der Waals surface area contributed by atoms with Crippen LogP contribution in [0.3, 0.4) is 0 Å². The second-order valence-electron chi connectivity index (χ2n) is 4.80. The Labute approximate surface area is 103 Å². The number of amides is 1. The minimum Gasteiger partial charge on any atom is -0.352 e. The predicted molar refractivity (Wildman–Crippen MR) is 66.6 cm³/mol. The molecule has 0 atom stereocenters. The summed E-state index contributed by atoms with van der Waals surface area (Å²) in [5, 5.41) is 3.02. The molecule has 1 saturated heterocycles. The number of carbonyl (C=O) groups excluding carboxylic acids is 1. The molecule has 1 amide bonds. The summed E-state index contributed by atoms with van der Waals surface area (Å²) in [7, 11) is 0. The summed E-state index contributed by atoms with van der Waals surface area (Å²) < 4.78 is 0. The molecule has 0 bridgehead atoms. The fourth-order valence-electron chi connectivity index (χ4n) is 2.08. The van der Waals surface area contributed by atoms with Gasteiger partial charge in [-0.15, -0.1) is 12.4 Å². The third kappa shape index (κ3) is 4.28. The van der Waals surface area contributed by atoms with Gasteiger partial charge < -0.3 is 11.1 Å². The topological polar surface area (TPSA) is 58.4 Å². The summed E-state index contributed by atoms with van der Waals surface area (Å²) in [5.74, 6) is 0.872. The van der Waals surface area contributed by atoms with Gasteiger partial charge in [-0.1, -0.05) is 0 Å². The molecular formula is C11H22ClN3O. The Balaban J connectivity index is 0.00000128. The zero-order chi connectivity index (χ0) is 10.7. The first-order chi connectivity index (χ1) is 7.28. The number of hydrogen-bond donors (Lipinski definition) is 2. The third-order valence-electron chi connectivity index (χ3n) is 3.35. The van der Waals surface area contributed by atoms with Gasteiger partial charge in [0.05, 0.1) is 6.54 Å². The van der Waals surface area contributed by atoms with Gasteiger partial charge in [0, 0.05) is 6.04 Å². The van der Waals surface area contributed by atoms with E-state index in [4.69, 9.17) is 5.73 Å². The van der Waals surface area contributed by atoms with Crippen LogP contribution in [0, 0.1) is 5.92 Å². The first-order valence-electron chi connectivity index (χ1n) is 5.99. The Bertz CT molecular complexity index is 225. The maximum absolute atomic E-state index is 11.5. The molecule has 1 heterocycles. The van der Waals surface area contributed by atoms with Gasteiger partial charge in [0.2, 0.25) is 5.91 Å². The molecule has 0 aromatic rings. The lowest BCUT2D eigenvalue weighted by molar-refractivity contribution is -0.122. The van der Waals surface area contributed by atoms with E-state index in [2.05, 4.69) is 10.2 Å². The molecule has 0 aromatic carbocycles. The van der Waals surface area contributed by atoms with E-state index in [0.717, 1.165) is 32.5 Å². The summed E-state index contributed by atoms with van der Waals surface area (Å²) in [6, 6.07) is 0.485. The number of piperidine rings is 1. The van der Waals surface area contributed by atoms with Crippen molar-refractivity contribution in [3.8, 4) is 0 Å². The number of halogens is 1. The Hall–Kier alpha value is -0.320. The quantitative estimate of drug-likeness (QED) is 0.754. The normalized spacial score (nSPS) is 22.6. The average Bonchev–Trinajstić information content (AvgIpc) is 3.03. The van der Waals surface area contributed by atoms with Gasteiger partial charge in [0.1, 0.15) is 0 Å². The zero-order valence-electron chi connectivity index (χ0n) is 9.65. The molecule has 0 spiro atoms. The molecule has 5 heteroatoms. The standard InChI is InChI=1S/C11H21N3O.ClH/c12-7-9-3-5-14(6-4-9)8-11(15)13-10-1-2-10;/h9-10H,1-8,12H2,(H,13,15);1H. The molecule has 16 heavy (non-hydrogen) atoms. The van der Waals surface area contributed by atoms with Crippen molar-refractivity contribution in [3.63, 3.8) is 0 Å². The van der Waals surface area contributed by atoms with Gasteiger partial charge in [-0.3, -0.25) is 9.69 Å². The predicted octanol–water partition coefficient (Wildman–Crippen LogP) is 0.357. The zero-order valence-corrected chi connectivity index (χ0v) is 10.5.